The van der Waals surface area contributed by atoms with E-state index in [-0.39, 0.29) is 10.8 Å². The molecule has 55 heavy (non-hydrogen) atoms. The molecule has 0 saturated carbocycles. The first-order chi connectivity index (χ1) is 26.8. The van der Waals surface area contributed by atoms with E-state index < -0.39 is 0 Å². The van der Waals surface area contributed by atoms with Gasteiger partial charge in [0, 0.05) is 28.1 Å². The number of allylic oxidation sites excluding steroid dienone is 4. The number of hydrogen-bond donors (Lipinski definition) is 0. The third kappa shape index (κ3) is 4.59. The van der Waals surface area contributed by atoms with Crippen LogP contribution in [0.2, 0.25) is 0 Å². The standard InChI is InChI=1S/C54H43N/c1-53(2)48-24-14-12-21-40(48)42-28-26-34(30-50(42)53)45-32-46-39-20-10-11-23-44(39)52(33-47(46)38-19-9-8-18-37(38)45)55(35-16-6-5-7-17-35)36-27-29-43-41-22-13-15-25-49(41)54(3,4)51(43)31-36/h5-33,40,48H,1-4H3. The van der Waals surface area contributed by atoms with Crippen molar-refractivity contribution < 1.29 is 0 Å². The van der Waals surface area contributed by atoms with Gasteiger partial charge in [0.05, 0.1) is 5.69 Å². The molecule has 8 aromatic rings. The van der Waals surface area contributed by atoms with Crippen molar-refractivity contribution in [3.05, 3.63) is 198 Å². The summed E-state index contributed by atoms with van der Waals surface area (Å²) < 4.78 is 0. The molecule has 8 aromatic carbocycles. The zero-order chi connectivity index (χ0) is 37.1. The maximum atomic E-state index is 2.50. The molecule has 3 aliphatic rings. The molecule has 0 aromatic heterocycles. The Kier molecular flexibility index (Phi) is 6.84. The SMILES string of the molecule is CC1(C)c2ccccc2-c2ccc(N(c3ccccc3)c3cc4c5ccccc5c(-c5ccc6c(c5)C(C)(C)C5C=CC=CC65)cc4c4ccccc34)cc21. The van der Waals surface area contributed by atoms with E-state index in [4.69, 9.17) is 0 Å². The number of benzene rings is 8. The van der Waals surface area contributed by atoms with Gasteiger partial charge in [0.1, 0.15) is 0 Å². The lowest BCUT2D eigenvalue weighted by atomic mass is 9.74. The molecule has 11 rings (SSSR count). The molecule has 0 amide bonds. The van der Waals surface area contributed by atoms with E-state index in [1.165, 1.54) is 88.2 Å². The third-order valence-corrected chi connectivity index (χ3v) is 13.3. The summed E-state index contributed by atoms with van der Waals surface area (Å²) in [7, 11) is 0. The summed E-state index contributed by atoms with van der Waals surface area (Å²) in [5, 5.41) is 7.62. The van der Waals surface area contributed by atoms with Crippen LogP contribution in [0.1, 0.15) is 55.9 Å². The first-order valence-corrected chi connectivity index (χ1v) is 19.8. The van der Waals surface area contributed by atoms with Crippen LogP contribution >= 0.6 is 0 Å². The van der Waals surface area contributed by atoms with Gasteiger partial charge in [0.25, 0.3) is 0 Å². The second kappa shape index (κ2) is 11.7. The van der Waals surface area contributed by atoms with Crippen LogP contribution in [0.15, 0.2) is 176 Å². The fourth-order valence-corrected chi connectivity index (χ4v) is 10.5. The van der Waals surface area contributed by atoms with Crippen LogP contribution in [0.4, 0.5) is 17.1 Å². The minimum Gasteiger partial charge on any atom is -0.310 e. The predicted octanol–water partition coefficient (Wildman–Crippen LogP) is 14.7. The van der Waals surface area contributed by atoms with E-state index in [1.807, 2.05) is 0 Å². The molecule has 2 atom stereocenters. The zero-order valence-electron chi connectivity index (χ0n) is 31.8. The van der Waals surface area contributed by atoms with E-state index in [1.54, 1.807) is 0 Å². The number of fused-ring (bicyclic) bond motifs is 11. The van der Waals surface area contributed by atoms with Crippen molar-refractivity contribution in [1.82, 2.24) is 0 Å². The van der Waals surface area contributed by atoms with Crippen molar-refractivity contribution >= 4 is 49.4 Å². The Morgan fingerprint density at radius 3 is 1.91 bits per heavy atom. The summed E-state index contributed by atoms with van der Waals surface area (Å²) in [6.45, 7) is 9.59. The van der Waals surface area contributed by atoms with Crippen LogP contribution in [0.25, 0.3) is 54.6 Å². The van der Waals surface area contributed by atoms with Gasteiger partial charge in [-0.25, -0.2) is 0 Å². The van der Waals surface area contributed by atoms with Crippen LogP contribution in [0.5, 0.6) is 0 Å². The van der Waals surface area contributed by atoms with E-state index in [9.17, 15) is 0 Å². The molecule has 0 N–H and O–H groups in total. The van der Waals surface area contributed by atoms with Gasteiger partial charge in [0.2, 0.25) is 0 Å². The summed E-state index contributed by atoms with van der Waals surface area (Å²) in [6, 6.07) is 57.2. The highest BCUT2D eigenvalue weighted by Crippen LogP contribution is 2.55. The Labute approximate surface area is 323 Å². The van der Waals surface area contributed by atoms with Gasteiger partial charge in [-0.2, -0.15) is 0 Å². The Hall–Kier alpha value is -6.18. The van der Waals surface area contributed by atoms with Crippen molar-refractivity contribution in [3.63, 3.8) is 0 Å². The number of nitrogens with zero attached hydrogens (tertiary/aromatic N) is 1. The maximum Gasteiger partial charge on any atom is 0.0546 e. The Balaban J connectivity index is 1.15. The highest BCUT2D eigenvalue weighted by molar-refractivity contribution is 6.24. The van der Waals surface area contributed by atoms with Crippen LogP contribution in [0, 0.1) is 5.92 Å². The predicted molar refractivity (Wildman–Crippen MR) is 234 cm³/mol. The molecule has 3 aliphatic carbocycles. The van der Waals surface area contributed by atoms with Crippen LogP contribution < -0.4 is 4.90 Å². The average molecular weight is 706 g/mol. The molecule has 0 fully saturated rings. The van der Waals surface area contributed by atoms with Gasteiger partial charge in [-0.05, 0) is 119 Å². The van der Waals surface area contributed by atoms with Gasteiger partial charge < -0.3 is 4.90 Å². The minimum atomic E-state index is -0.0967. The molecular formula is C54H43N. The Morgan fingerprint density at radius 1 is 0.436 bits per heavy atom. The Bertz CT molecular complexity index is 2940. The topological polar surface area (TPSA) is 3.24 Å². The molecule has 264 valence electrons. The van der Waals surface area contributed by atoms with Crippen molar-refractivity contribution in [1.29, 1.82) is 0 Å². The van der Waals surface area contributed by atoms with Gasteiger partial charge in [0.15, 0.2) is 0 Å². The fourth-order valence-electron chi connectivity index (χ4n) is 10.5. The molecule has 0 saturated heterocycles. The molecule has 0 bridgehead atoms. The normalized spacial score (nSPS) is 18.3. The summed E-state index contributed by atoms with van der Waals surface area (Å²) in [5.74, 6) is 0.928. The monoisotopic (exact) mass is 705 g/mol. The highest BCUT2D eigenvalue weighted by Gasteiger charge is 2.44. The van der Waals surface area contributed by atoms with Crippen molar-refractivity contribution in [2.24, 2.45) is 5.92 Å². The van der Waals surface area contributed by atoms with E-state index >= 15 is 0 Å². The van der Waals surface area contributed by atoms with Crippen molar-refractivity contribution in [2.45, 2.75) is 44.4 Å². The third-order valence-electron chi connectivity index (χ3n) is 13.3. The molecular weight excluding hydrogens is 663 g/mol. The lowest BCUT2D eigenvalue weighted by Crippen LogP contribution is -2.24. The molecule has 0 radical (unpaired) electrons. The lowest BCUT2D eigenvalue weighted by Gasteiger charge is -2.30. The molecule has 2 unspecified atom stereocenters. The van der Waals surface area contributed by atoms with Gasteiger partial charge in [-0.3, -0.25) is 0 Å². The number of hydrogen-bond acceptors (Lipinski definition) is 1. The van der Waals surface area contributed by atoms with E-state index in [2.05, 4.69) is 209 Å². The summed E-state index contributed by atoms with van der Waals surface area (Å²) >= 11 is 0. The first kappa shape index (κ1) is 32.3. The Morgan fingerprint density at radius 2 is 1.09 bits per heavy atom. The second-order valence-electron chi connectivity index (χ2n) is 16.9. The highest BCUT2D eigenvalue weighted by atomic mass is 15.1. The van der Waals surface area contributed by atoms with Crippen LogP contribution in [-0.2, 0) is 10.8 Å². The smallest absolute Gasteiger partial charge is 0.0546 e. The second-order valence-corrected chi connectivity index (χ2v) is 16.9. The maximum absolute atomic E-state index is 2.50. The summed E-state index contributed by atoms with van der Waals surface area (Å²) in [6.07, 6.45) is 9.27. The zero-order valence-corrected chi connectivity index (χ0v) is 31.8. The minimum absolute atomic E-state index is 0.0575. The number of para-hydroxylation sites is 1. The molecule has 0 aliphatic heterocycles. The molecule has 1 nitrogen and oxygen atoms in total. The van der Waals surface area contributed by atoms with Gasteiger partial charge in [-0.1, -0.05) is 167 Å². The van der Waals surface area contributed by atoms with Gasteiger partial charge >= 0.3 is 0 Å². The number of anilines is 3. The quantitative estimate of drug-likeness (QED) is 0.165. The van der Waals surface area contributed by atoms with Crippen molar-refractivity contribution in [3.8, 4) is 22.3 Å². The average Bonchev–Trinajstić information content (AvgIpc) is 3.60. The van der Waals surface area contributed by atoms with E-state index in [0.29, 0.717) is 11.8 Å². The van der Waals surface area contributed by atoms with E-state index in [0.717, 1.165) is 5.69 Å². The largest absolute Gasteiger partial charge is 0.310 e. The molecule has 0 spiro atoms. The fraction of sp³-hybridized carbons (Fsp3) is 0.148. The van der Waals surface area contributed by atoms with Crippen molar-refractivity contribution in [2.75, 3.05) is 4.90 Å². The van der Waals surface area contributed by atoms with Crippen LogP contribution in [0.3, 0.4) is 0 Å². The van der Waals surface area contributed by atoms with Crippen LogP contribution in [-0.4, -0.2) is 0 Å². The summed E-state index contributed by atoms with van der Waals surface area (Å²) in [5.41, 5.74) is 14.4. The molecule has 0 heterocycles. The first-order valence-electron chi connectivity index (χ1n) is 19.8. The van der Waals surface area contributed by atoms with Gasteiger partial charge in [-0.15, -0.1) is 0 Å². The molecule has 1 heteroatoms. The summed E-state index contributed by atoms with van der Waals surface area (Å²) in [4.78, 5) is 2.48. The lowest BCUT2D eigenvalue weighted by molar-refractivity contribution is 0.394. The number of rotatable bonds is 4.